The molecule has 1 atom stereocenters. The van der Waals surface area contributed by atoms with E-state index >= 15 is 0 Å². The SMILES string of the molecule is CN(Cc1ccc(F)cc1)C(CN)c1cc(F)cc(F)c1. The molecular formula is C16H17F3N2. The summed E-state index contributed by atoms with van der Waals surface area (Å²) in [4.78, 5) is 1.88. The van der Waals surface area contributed by atoms with Crippen LogP contribution < -0.4 is 5.73 Å². The van der Waals surface area contributed by atoms with Crippen LogP contribution in [0.3, 0.4) is 0 Å². The highest BCUT2D eigenvalue weighted by atomic mass is 19.1. The van der Waals surface area contributed by atoms with Gasteiger partial charge in [0.2, 0.25) is 0 Å². The zero-order chi connectivity index (χ0) is 15.4. The van der Waals surface area contributed by atoms with Crippen LogP contribution in [0.5, 0.6) is 0 Å². The second-order valence-corrected chi connectivity index (χ2v) is 5.00. The van der Waals surface area contributed by atoms with E-state index in [1.165, 1.54) is 24.3 Å². The van der Waals surface area contributed by atoms with E-state index in [-0.39, 0.29) is 18.4 Å². The van der Waals surface area contributed by atoms with Crippen LogP contribution in [0.15, 0.2) is 42.5 Å². The maximum Gasteiger partial charge on any atom is 0.126 e. The predicted octanol–water partition coefficient (Wildman–Crippen LogP) is 3.24. The van der Waals surface area contributed by atoms with Crippen molar-refractivity contribution in [3.8, 4) is 0 Å². The normalized spacial score (nSPS) is 12.7. The van der Waals surface area contributed by atoms with Gasteiger partial charge in [0, 0.05) is 25.2 Å². The van der Waals surface area contributed by atoms with Gasteiger partial charge in [0.05, 0.1) is 0 Å². The van der Waals surface area contributed by atoms with Crippen molar-refractivity contribution >= 4 is 0 Å². The largest absolute Gasteiger partial charge is 0.329 e. The van der Waals surface area contributed by atoms with Crippen molar-refractivity contribution in [1.29, 1.82) is 0 Å². The summed E-state index contributed by atoms with van der Waals surface area (Å²) >= 11 is 0. The van der Waals surface area contributed by atoms with Crippen molar-refractivity contribution in [2.75, 3.05) is 13.6 Å². The fourth-order valence-electron chi connectivity index (χ4n) is 2.33. The monoisotopic (exact) mass is 294 g/mol. The van der Waals surface area contributed by atoms with Gasteiger partial charge in [-0.2, -0.15) is 0 Å². The fraction of sp³-hybridized carbons (Fsp3) is 0.250. The third-order valence-corrected chi connectivity index (χ3v) is 3.37. The molecular weight excluding hydrogens is 277 g/mol. The summed E-state index contributed by atoms with van der Waals surface area (Å²) in [5.41, 5.74) is 7.12. The summed E-state index contributed by atoms with van der Waals surface area (Å²) in [6.45, 7) is 0.723. The number of hydrogen-bond donors (Lipinski definition) is 1. The first-order chi connectivity index (χ1) is 9.99. The standard InChI is InChI=1S/C16H17F3N2/c1-21(10-11-2-4-13(17)5-3-11)16(9-20)12-6-14(18)8-15(19)7-12/h2-8,16H,9-10,20H2,1H3. The van der Waals surface area contributed by atoms with E-state index in [0.717, 1.165) is 11.6 Å². The molecule has 0 spiro atoms. The van der Waals surface area contributed by atoms with Gasteiger partial charge in [-0.05, 0) is 42.4 Å². The van der Waals surface area contributed by atoms with Crippen molar-refractivity contribution < 1.29 is 13.2 Å². The van der Waals surface area contributed by atoms with Crippen LogP contribution in [-0.4, -0.2) is 18.5 Å². The Hall–Kier alpha value is -1.85. The van der Waals surface area contributed by atoms with Gasteiger partial charge in [-0.25, -0.2) is 13.2 Å². The lowest BCUT2D eigenvalue weighted by atomic mass is 10.0. The van der Waals surface area contributed by atoms with Gasteiger partial charge in [-0.1, -0.05) is 12.1 Å². The molecule has 2 aromatic rings. The number of rotatable bonds is 5. The Kier molecular flexibility index (Phi) is 4.98. The molecule has 0 aliphatic rings. The molecule has 5 heteroatoms. The highest BCUT2D eigenvalue weighted by Gasteiger charge is 2.17. The summed E-state index contributed by atoms with van der Waals surface area (Å²) in [7, 11) is 1.81. The number of hydrogen-bond acceptors (Lipinski definition) is 2. The van der Waals surface area contributed by atoms with Gasteiger partial charge >= 0.3 is 0 Å². The Morgan fingerprint density at radius 3 is 2.05 bits per heavy atom. The Labute approximate surface area is 122 Å². The summed E-state index contributed by atoms with van der Waals surface area (Å²) < 4.78 is 39.5. The van der Waals surface area contributed by atoms with Crippen molar-refractivity contribution in [1.82, 2.24) is 4.90 Å². The van der Waals surface area contributed by atoms with Crippen LogP contribution in [0.1, 0.15) is 17.2 Å². The molecule has 2 nitrogen and oxygen atoms in total. The van der Waals surface area contributed by atoms with Crippen molar-refractivity contribution in [3.05, 3.63) is 71.0 Å². The maximum absolute atomic E-state index is 13.3. The molecule has 21 heavy (non-hydrogen) atoms. The maximum atomic E-state index is 13.3. The van der Waals surface area contributed by atoms with Crippen LogP contribution in [-0.2, 0) is 6.54 Å². The summed E-state index contributed by atoms with van der Waals surface area (Å²) in [5.74, 6) is -1.55. The third-order valence-electron chi connectivity index (χ3n) is 3.37. The molecule has 0 radical (unpaired) electrons. The minimum absolute atomic E-state index is 0.223. The first-order valence-corrected chi connectivity index (χ1v) is 6.60. The van der Waals surface area contributed by atoms with E-state index in [9.17, 15) is 13.2 Å². The lowest BCUT2D eigenvalue weighted by molar-refractivity contribution is 0.240. The van der Waals surface area contributed by atoms with E-state index in [2.05, 4.69) is 0 Å². The zero-order valence-corrected chi connectivity index (χ0v) is 11.7. The molecule has 0 bridgehead atoms. The first-order valence-electron chi connectivity index (χ1n) is 6.60. The van der Waals surface area contributed by atoms with Crippen molar-refractivity contribution in [3.63, 3.8) is 0 Å². The van der Waals surface area contributed by atoms with Gasteiger partial charge in [0.1, 0.15) is 17.5 Å². The Morgan fingerprint density at radius 1 is 0.952 bits per heavy atom. The number of likely N-dealkylation sites (N-methyl/N-ethyl adjacent to an activating group) is 1. The molecule has 0 heterocycles. The Morgan fingerprint density at radius 2 is 1.52 bits per heavy atom. The Balaban J connectivity index is 2.17. The predicted molar refractivity (Wildman–Crippen MR) is 76.0 cm³/mol. The smallest absolute Gasteiger partial charge is 0.126 e. The molecule has 112 valence electrons. The summed E-state index contributed by atoms with van der Waals surface area (Å²) in [6.07, 6.45) is 0. The lowest BCUT2D eigenvalue weighted by Crippen LogP contribution is -2.30. The quantitative estimate of drug-likeness (QED) is 0.917. The second kappa shape index (κ2) is 6.74. The van der Waals surface area contributed by atoms with Crippen molar-refractivity contribution in [2.24, 2.45) is 5.73 Å². The summed E-state index contributed by atoms with van der Waals surface area (Å²) in [5, 5.41) is 0. The van der Waals surface area contributed by atoms with E-state index in [1.807, 2.05) is 11.9 Å². The first kappa shape index (κ1) is 15.5. The minimum atomic E-state index is -0.626. The van der Waals surface area contributed by atoms with E-state index in [1.54, 1.807) is 12.1 Å². The van der Waals surface area contributed by atoms with Crippen LogP contribution in [0, 0.1) is 17.5 Å². The average Bonchev–Trinajstić information content (AvgIpc) is 2.41. The van der Waals surface area contributed by atoms with Crippen LogP contribution >= 0.6 is 0 Å². The topological polar surface area (TPSA) is 29.3 Å². The van der Waals surface area contributed by atoms with Gasteiger partial charge in [-0.3, -0.25) is 4.90 Å². The van der Waals surface area contributed by atoms with Gasteiger partial charge in [0.15, 0.2) is 0 Å². The van der Waals surface area contributed by atoms with E-state index in [0.29, 0.717) is 12.1 Å². The highest BCUT2D eigenvalue weighted by molar-refractivity contribution is 5.23. The molecule has 0 amide bonds. The van der Waals surface area contributed by atoms with E-state index < -0.39 is 11.6 Å². The zero-order valence-electron chi connectivity index (χ0n) is 11.7. The molecule has 2 rings (SSSR count). The van der Waals surface area contributed by atoms with Gasteiger partial charge in [0.25, 0.3) is 0 Å². The fourth-order valence-corrected chi connectivity index (χ4v) is 2.33. The molecule has 0 fully saturated rings. The summed E-state index contributed by atoms with van der Waals surface area (Å²) in [6, 6.07) is 9.17. The average molecular weight is 294 g/mol. The van der Waals surface area contributed by atoms with Crippen LogP contribution in [0.2, 0.25) is 0 Å². The van der Waals surface area contributed by atoms with Gasteiger partial charge < -0.3 is 5.73 Å². The van der Waals surface area contributed by atoms with Gasteiger partial charge in [-0.15, -0.1) is 0 Å². The number of nitrogens with two attached hydrogens (primary N) is 1. The minimum Gasteiger partial charge on any atom is -0.329 e. The van der Waals surface area contributed by atoms with Crippen LogP contribution in [0.4, 0.5) is 13.2 Å². The Bertz CT molecular complexity index is 579. The molecule has 0 aromatic heterocycles. The third kappa shape index (κ3) is 4.06. The number of nitrogens with zero attached hydrogens (tertiary/aromatic N) is 1. The number of benzene rings is 2. The lowest BCUT2D eigenvalue weighted by Gasteiger charge is -2.27. The van der Waals surface area contributed by atoms with Crippen molar-refractivity contribution in [2.45, 2.75) is 12.6 Å². The molecule has 0 aliphatic heterocycles. The molecule has 0 saturated heterocycles. The highest BCUT2D eigenvalue weighted by Crippen LogP contribution is 2.22. The number of halogens is 3. The molecule has 0 saturated carbocycles. The molecule has 2 N–H and O–H groups in total. The second-order valence-electron chi connectivity index (χ2n) is 5.00. The molecule has 2 aromatic carbocycles. The molecule has 1 unspecified atom stereocenters. The molecule has 0 aliphatic carbocycles. The van der Waals surface area contributed by atoms with Crippen LogP contribution in [0.25, 0.3) is 0 Å². The van der Waals surface area contributed by atoms with E-state index in [4.69, 9.17) is 5.73 Å².